The van der Waals surface area contributed by atoms with Crippen molar-refractivity contribution in [1.29, 1.82) is 0 Å². The van der Waals surface area contributed by atoms with Crippen LogP contribution in [0.4, 0.5) is 29.3 Å². The highest BCUT2D eigenvalue weighted by molar-refractivity contribution is 7.98. The summed E-state index contributed by atoms with van der Waals surface area (Å²) in [6.07, 6.45) is 5.17. The van der Waals surface area contributed by atoms with E-state index in [0.29, 0.717) is 36.2 Å². The zero-order valence-corrected chi connectivity index (χ0v) is 34.5. The lowest BCUT2D eigenvalue weighted by Gasteiger charge is -2.46. The predicted molar refractivity (Wildman–Crippen MR) is 206 cm³/mol. The molecule has 2 saturated heterocycles. The molecule has 326 valence electrons. The highest BCUT2D eigenvalue weighted by Gasteiger charge is 2.60. The summed E-state index contributed by atoms with van der Waals surface area (Å²) in [5.41, 5.74) is -3.80. The second-order valence-electron chi connectivity index (χ2n) is 14.1. The molecule has 5 atom stereocenters. The van der Waals surface area contributed by atoms with E-state index in [1.165, 1.54) is 52.6 Å². The van der Waals surface area contributed by atoms with Crippen LogP contribution in [-0.4, -0.2) is 97.1 Å². The van der Waals surface area contributed by atoms with Crippen LogP contribution in [0.3, 0.4) is 0 Å². The highest BCUT2D eigenvalue weighted by Crippen LogP contribution is 2.52. The van der Waals surface area contributed by atoms with Crippen LogP contribution in [0.2, 0.25) is 0 Å². The molecule has 2 fully saturated rings. The van der Waals surface area contributed by atoms with E-state index >= 15 is 0 Å². The monoisotopic (exact) mass is 912 g/mol. The number of likely N-dealkylation sites (tertiary alicyclic amines) is 1. The number of benzene rings is 2. The molecule has 1 N–H and O–H groups in total. The van der Waals surface area contributed by atoms with E-state index < -0.39 is 55.6 Å². The number of aliphatic hydroxyl groups is 1. The second kappa shape index (κ2) is 17.4. The van der Waals surface area contributed by atoms with Crippen molar-refractivity contribution in [2.45, 2.75) is 62.2 Å². The van der Waals surface area contributed by atoms with Gasteiger partial charge in [-0.15, -0.1) is 0 Å². The summed E-state index contributed by atoms with van der Waals surface area (Å²) in [4.78, 5) is 65.8. The van der Waals surface area contributed by atoms with Crippen LogP contribution < -0.4 is 4.57 Å². The Hall–Kier alpha value is -5.63. The molecule has 2 aromatic heterocycles. The van der Waals surface area contributed by atoms with E-state index in [0.717, 1.165) is 14.7 Å². The van der Waals surface area contributed by atoms with Crippen molar-refractivity contribution in [3.63, 3.8) is 0 Å². The molecular formula is C36H35F3N6O13S3. The van der Waals surface area contributed by atoms with Gasteiger partial charge in [-0.2, -0.15) is 17.6 Å². The van der Waals surface area contributed by atoms with Crippen LogP contribution in [0, 0.1) is 32.1 Å². The number of nitro groups is 2. The molecule has 2 amide bonds. The number of fused-ring (bicyclic) bond motifs is 2. The van der Waals surface area contributed by atoms with Crippen molar-refractivity contribution in [3.05, 3.63) is 103 Å². The van der Waals surface area contributed by atoms with Gasteiger partial charge in [0.15, 0.2) is 10.1 Å². The number of carbonyl (C=O) groups is 3. The van der Waals surface area contributed by atoms with Gasteiger partial charge in [-0.25, -0.2) is 22.6 Å². The number of alkyl halides is 3. The Kier molecular flexibility index (Phi) is 12.8. The zero-order chi connectivity index (χ0) is 44.7. The number of aromatic nitrogens is 2. The highest BCUT2D eigenvalue weighted by atomic mass is 32.2. The number of esters is 1. The number of non-ortho nitro benzene ring substituents is 2. The normalized spacial score (nSPS) is 20.5. The number of hydrogen-bond acceptors (Lipinski definition) is 15. The first-order chi connectivity index (χ1) is 28.6. The number of rotatable bonds is 11. The maximum Gasteiger partial charge on any atom is 0.485 e. The van der Waals surface area contributed by atoms with Crippen LogP contribution in [0.25, 0.3) is 10.4 Å². The van der Waals surface area contributed by atoms with Crippen molar-refractivity contribution in [1.82, 2.24) is 14.2 Å². The first-order valence-electron chi connectivity index (χ1n) is 18.1. The Morgan fingerprint density at radius 3 is 2.07 bits per heavy atom. The third-order valence-corrected chi connectivity index (χ3v) is 12.9. The van der Waals surface area contributed by atoms with E-state index in [1.807, 2.05) is 30.1 Å². The average molecular weight is 913 g/mol. The fourth-order valence-electron chi connectivity index (χ4n) is 7.38. The number of thioether (sulfide) groups is 1. The summed E-state index contributed by atoms with van der Waals surface area (Å²) in [6, 6.07) is 11.1. The molecule has 61 heavy (non-hydrogen) atoms. The molecule has 0 saturated carbocycles. The number of imidazole rings is 1. The SMILES string of the molecule is CSc1c2sc(C3=C(C(=O)OCc4ccc([N+](=O)[O-])cc4)N4C(=O)[C@H]([C@@H](C)O)[C@H]4[C@H]3C)cn2c[n+]1[C@H]1CCN(C(=O)OCc2ccc([N+](=O)[O-])cc2)C1.O=S(=O)([O-])C(F)(F)F. The smallest absolute Gasteiger partial charge is 0.485 e. The maximum absolute atomic E-state index is 13.8. The average Bonchev–Trinajstić information content (AvgIpc) is 3.96. The van der Waals surface area contributed by atoms with Crippen LogP contribution in [0.15, 0.2) is 71.8 Å². The van der Waals surface area contributed by atoms with Gasteiger partial charge in [0.1, 0.15) is 31.1 Å². The van der Waals surface area contributed by atoms with Gasteiger partial charge >= 0.3 is 17.6 Å². The Morgan fingerprint density at radius 1 is 1.03 bits per heavy atom. The van der Waals surface area contributed by atoms with Gasteiger partial charge in [-0.1, -0.05) is 30.0 Å². The molecule has 3 aliphatic rings. The van der Waals surface area contributed by atoms with Gasteiger partial charge in [0, 0.05) is 48.7 Å². The standard InChI is InChI=1S/C35H35N6O10S2.CHF3O3S/c1-19-27(30(39-29(19)28(20(2)42)31(39)43)34(44)50-16-21-4-8-23(9-5-21)40(46)47)26-15-37-18-38(33(52-3)32(37)53-26)25-12-13-36(14-25)35(45)51-17-22-6-10-24(11-7-22)41(48)49;2-1(3,4)8(5,6)7/h4-11,15,18-20,25,28-29,42H,12-14,16-17H2,1-3H3;(H,5,6,7)/q+1;/p-1/t19-,20+,25-,28+,29+;/m0./s1. The van der Waals surface area contributed by atoms with Crippen molar-refractivity contribution >= 4 is 73.0 Å². The van der Waals surface area contributed by atoms with Crippen LogP contribution in [0.5, 0.6) is 0 Å². The van der Waals surface area contributed by atoms with E-state index in [2.05, 4.69) is 4.57 Å². The molecule has 4 aromatic rings. The number of carbonyl (C=O) groups excluding carboxylic acids is 3. The number of halogens is 3. The molecule has 0 spiro atoms. The molecule has 25 heteroatoms. The Labute approximate surface area is 352 Å². The first kappa shape index (κ1) is 44.9. The van der Waals surface area contributed by atoms with Gasteiger partial charge < -0.3 is 28.9 Å². The van der Waals surface area contributed by atoms with Gasteiger partial charge in [-0.05, 0) is 48.6 Å². The number of amides is 2. The number of nitrogens with zero attached hydrogens (tertiary/aromatic N) is 6. The summed E-state index contributed by atoms with van der Waals surface area (Å²) in [6.45, 7) is 4.26. The lowest BCUT2D eigenvalue weighted by atomic mass is 9.77. The number of nitro benzene ring substituents is 2. The minimum atomic E-state index is -6.09. The fourth-order valence-corrected chi connectivity index (χ4v) is 9.61. The second-order valence-corrected chi connectivity index (χ2v) is 17.3. The summed E-state index contributed by atoms with van der Waals surface area (Å²) in [7, 11) is -6.09. The fraction of sp³-hybridized carbons (Fsp3) is 0.389. The lowest BCUT2D eigenvalue weighted by Crippen LogP contribution is -2.63. The maximum atomic E-state index is 13.8. The quantitative estimate of drug-likeness (QED) is 0.0311. The largest absolute Gasteiger partial charge is 0.741 e. The van der Waals surface area contributed by atoms with Crippen LogP contribution in [-0.2, 0) is 42.4 Å². The van der Waals surface area contributed by atoms with Crippen LogP contribution in [0.1, 0.15) is 42.3 Å². The van der Waals surface area contributed by atoms with Crippen LogP contribution >= 0.6 is 23.1 Å². The number of aliphatic hydroxyl groups excluding tert-OH is 1. The van der Waals surface area contributed by atoms with E-state index in [4.69, 9.17) is 22.4 Å². The molecule has 0 aliphatic carbocycles. The summed E-state index contributed by atoms with van der Waals surface area (Å²) >= 11 is 3.02. The Bertz CT molecular complexity index is 2530. The number of hydrogen-bond donors (Lipinski definition) is 1. The summed E-state index contributed by atoms with van der Waals surface area (Å²) in [5.74, 6) is -2.00. The predicted octanol–water partition coefficient (Wildman–Crippen LogP) is 4.77. The molecule has 7 rings (SSSR count). The number of β-lactam (4-membered cyclic amide) rings is 1. The Balaban J connectivity index is 0.000000708. The van der Waals surface area contributed by atoms with Crippen molar-refractivity contribution in [3.8, 4) is 0 Å². The van der Waals surface area contributed by atoms with E-state index in [1.54, 1.807) is 35.7 Å². The minimum absolute atomic E-state index is 0.00533. The summed E-state index contributed by atoms with van der Waals surface area (Å²) < 4.78 is 74.2. The molecular weight excluding hydrogens is 878 g/mol. The van der Waals surface area contributed by atoms with E-state index in [-0.39, 0.29) is 48.2 Å². The van der Waals surface area contributed by atoms with Crippen molar-refractivity contribution in [2.75, 3.05) is 19.3 Å². The third kappa shape index (κ3) is 9.05. The molecule has 3 aliphatic heterocycles. The molecule has 0 unspecified atom stereocenters. The first-order valence-corrected chi connectivity index (χ1v) is 21.5. The minimum Gasteiger partial charge on any atom is -0.741 e. The van der Waals surface area contributed by atoms with E-state index in [9.17, 15) is 52.9 Å². The van der Waals surface area contributed by atoms with Crippen molar-refractivity contribution in [2.24, 2.45) is 11.8 Å². The number of thiazole rings is 1. The molecule has 0 radical (unpaired) electrons. The number of ether oxygens (including phenoxy) is 2. The van der Waals surface area contributed by atoms with Gasteiger partial charge in [0.05, 0.1) is 39.3 Å². The molecule has 0 bridgehead atoms. The lowest BCUT2D eigenvalue weighted by molar-refractivity contribution is -0.751. The molecule has 2 aromatic carbocycles. The van der Waals surface area contributed by atoms with Crippen molar-refractivity contribution < 1.29 is 69.5 Å². The van der Waals surface area contributed by atoms with Gasteiger partial charge in [0.25, 0.3) is 17.7 Å². The molecule has 19 nitrogen and oxygen atoms in total. The topological polar surface area (TPSA) is 248 Å². The Morgan fingerprint density at radius 2 is 1.57 bits per heavy atom. The third-order valence-electron chi connectivity index (χ3n) is 10.3. The molecule has 5 heterocycles. The summed E-state index contributed by atoms with van der Waals surface area (Å²) in [5, 5.41) is 33.4. The zero-order valence-electron chi connectivity index (χ0n) is 32.1. The van der Waals surface area contributed by atoms with Gasteiger partial charge in [-0.3, -0.25) is 25.0 Å². The van der Waals surface area contributed by atoms with Gasteiger partial charge in [0.2, 0.25) is 15.8 Å².